The first kappa shape index (κ1) is 16.1. The van der Waals surface area contributed by atoms with Crippen LogP contribution >= 0.6 is 11.6 Å². The van der Waals surface area contributed by atoms with Crippen molar-refractivity contribution in [1.29, 1.82) is 0 Å². The predicted molar refractivity (Wildman–Crippen MR) is 76.0 cm³/mol. The average molecular weight is 289 g/mol. The molecule has 1 N–H and O–H groups in total. The molecule has 1 rings (SSSR count). The number of alkyl halides is 1. The van der Waals surface area contributed by atoms with Gasteiger partial charge in [0.15, 0.2) is 6.10 Å². The minimum Gasteiger partial charge on any atom is -0.361 e. The van der Waals surface area contributed by atoms with Gasteiger partial charge in [-0.1, -0.05) is 25.5 Å². The van der Waals surface area contributed by atoms with Gasteiger partial charge in [0, 0.05) is 6.08 Å². The van der Waals surface area contributed by atoms with E-state index in [-0.39, 0.29) is 6.10 Å². The number of allylic oxidation sites excluding steroid dienone is 2. The Hall–Kier alpha value is -0.910. The minimum atomic E-state index is -1.69. The molecule has 0 aromatic rings. The summed E-state index contributed by atoms with van der Waals surface area (Å²) in [6.45, 7) is 2.87. The van der Waals surface area contributed by atoms with Crippen molar-refractivity contribution in [3.05, 3.63) is 34.4 Å². The second-order valence-corrected chi connectivity index (χ2v) is 5.19. The molecule has 108 valence electrons. The Kier molecular flexibility index (Phi) is 6.48. The highest BCUT2D eigenvalue weighted by Gasteiger charge is 2.48. The zero-order valence-corrected chi connectivity index (χ0v) is 12.1. The van der Waals surface area contributed by atoms with Gasteiger partial charge in [0.2, 0.25) is 0 Å². The molecule has 0 amide bonds. The molecular weight excluding hydrogens is 268 g/mol. The summed E-state index contributed by atoms with van der Waals surface area (Å²) in [6, 6.07) is 0. The zero-order valence-electron chi connectivity index (χ0n) is 11.3. The Bertz CT molecular complexity index is 360. The van der Waals surface area contributed by atoms with E-state index in [1.54, 1.807) is 18.2 Å². The summed E-state index contributed by atoms with van der Waals surface area (Å²) in [6.07, 6.45) is 8.21. The summed E-state index contributed by atoms with van der Waals surface area (Å²) >= 11 is 6.08. The summed E-state index contributed by atoms with van der Waals surface area (Å²) in [5.41, 5.74) is 0. The second kappa shape index (κ2) is 7.62. The fraction of sp³-hybridized carbons (Fsp3) is 0.692. The molecule has 5 nitrogen and oxygen atoms in total. The van der Waals surface area contributed by atoms with Crippen molar-refractivity contribution in [2.75, 3.05) is 13.6 Å². The zero-order chi connectivity index (χ0) is 14.3. The van der Waals surface area contributed by atoms with Gasteiger partial charge in [-0.15, -0.1) is 0 Å². The first-order valence-corrected chi connectivity index (χ1v) is 6.91. The summed E-state index contributed by atoms with van der Waals surface area (Å²) in [5.74, 6) is 0. The highest BCUT2D eigenvalue weighted by molar-refractivity contribution is 6.24. The number of hydrogen-bond acceptors (Lipinski definition) is 4. The van der Waals surface area contributed by atoms with Crippen molar-refractivity contribution in [3.63, 3.8) is 0 Å². The van der Waals surface area contributed by atoms with E-state index < -0.39 is 16.0 Å². The van der Waals surface area contributed by atoms with Crippen LogP contribution in [-0.4, -0.2) is 35.7 Å². The molecule has 0 aromatic heterocycles. The van der Waals surface area contributed by atoms with E-state index >= 15 is 0 Å². The van der Waals surface area contributed by atoms with E-state index in [0.717, 1.165) is 25.8 Å². The molecule has 0 saturated carbocycles. The molecule has 0 radical (unpaired) electrons. The summed E-state index contributed by atoms with van der Waals surface area (Å²) in [7, 11) is 1.87. The lowest BCUT2D eigenvalue weighted by molar-refractivity contribution is -0.539. The van der Waals surface area contributed by atoms with E-state index in [0.29, 0.717) is 0 Å². The Morgan fingerprint density at radius 2 is 2.26 bits per heavy atom. The number of hydrogen-bond donors (Lipinski definition) is 1. The SMILES string of the molecule is CCCC(CCNC)OC1C=CC=CC1(Cl)[N+](=O)[O-]. The lowest BCUT2D eigenvalue weighted by Gasteiger charge is -2.29. The monoisotopic (exact) mass is 288 g/mol. The third-order valence-corrected chi connectivity index (χ3v) is 3.55. The van der Waals surface area contributed by atoms with Crippen LogP contribution < -0.4 is 5.32 Å². The first-order valence-electron chi connectivity index (χ1n) is 6.54. The van der Waals surface area contributed by atoms with Crippen LogP contribution in [0.2, 0.25) is 0 Å². The van der Waals surface area contributed by atoms with Crippen LogP contribution in [0.3, 0.4) is 0 Å². The standard InChI is InChI=1S/C13H21ClN2O3/c1-3-6-11(8-10-15-2)19-12-7-4-5-9-13(12,14)16(17)18/h4-5,7,9,11-12,15H,3,6,8,10H2,1-2H3. The fourth-order valence-electron chi connectivity index (χ4n) is 2.01. The number of halogens is 1. The normalized spacial score (nSPS) is 27.4. The van der Waals surface area contributed by atoms with Gasteiger partial charge in [-0.25, -0.2) is 0 Å². The largest absolute Gasteiger partial charge is 0.361 e. The quantitative estimate of drug-likeness (QED) is 0.322. The molecule has 0 heterocycles. The predicted octanol–water partition coefficient (Wildman–Crippen LogP) is 2.49. The third-order valence-electron chi connectivity index (χ3n) is 3.07. The number of nitro groups is 1. The van der Waals surface area contributed by atoms with Crippen molar-refractivity contribution in [2.45, 2.75) is 43.4 Å². The minimum absolute atomic E-state index is 0.0309. The maximum absolute atomic E-state index is 11.1. The Morgan fingerprint density at radius 1 is 1.53 bits per heavy atom. The number of rotatable bonds is 8. The third kappa shape index (κ3) is 4.30. The van der Waals surface area contributed by atoms with Crippen LogP contribution in [0.1, 0.15) is 26.2 Å². The van der Waals surface area contributed by atoms with Crippen molar-refractivity contribution < 1.29 is 9.66 Å². The smallest absolute Gasteiger partial charge is 0.343 e. The summed E-state index contributed by atoms with van der Waals surface area (Å²) < 4.78 is 5.86. The van der Waals surface area contributed by atoms with Gasteiger partial charge in [-0.3, -0.25) is 10.1 Å². The molecule has 1 aliphatic rings. The highest BCUT2D eigenvalue weighted by Crippen LogP contribution is 2.30. The van der Waals surface area contributed by atoms with E-state index in [9.17, 15) is 10.1 Å². The first-order chi connectivity index (χ1) is 9.04. The Balaban J connectivity index is 2.72. The molecule has 0 aliphatic heterocycles. The molecule has 0 fully saturated rings. The van der Waals surface area contributed by atoms with E-state index in [2.05, 4.69) is 12.2 Å². The van der Waals surface area contributed by atoms with Crippen LogP contribution in [0.15, 0.2) is 24.3 Å². The van der Waals surface area contributed by atoms with E-state index in [4.69, 9.17) is 16.3 Å². The summed E-state index contributed by atoms with van der Waals surface area (Å²) in [5, 5.41) is 14.2. The second-order valence-electron chi connectivity index (χ2n) is 4.59. The van der Waals surface area contributed by atoms with Crippen LogP contribution in [0.25, 0.3) is 0 Å². The van der Waals surface area contributed by atoms with Crippen molar-refractivity contribution in [3.8, 4) is 0 Å². The highest BCUT2D eigenvalue weighted by atomic mass is 35.5. The topological polar surface area (TPSA) is 64.4 Å². The number of ether oxygens (including phenoxy) is 1. The van der Waals surface area contributed by atoms with Gasteiger partial charge in [-0.2, -0.15) is 0 Å². The molecule has 19 heavy (non-hydrogen) atoms. The maximum Gasteiger partial charge on any atom is 0.343 e. The molecule has 1 aliphatic carbocycles. The van der Waals surface area contributed by atoms with Gasteiger partial charge in [0.25, 0.3) is 0 Å². The lowest BCUT2D eigenvalue weighted by atomic mass is 10.0. The van der Waals surface area contributed by atoms with Crippen LogP contribution in [0.5, 0.6) is 0 Å². The van der Waals surface area contributed by atoms with Gasteiger partial charge in [0.1, 0.15) is 0 Å². The van der Waals surface area contributed by atoms with Crippen molar-refractivity contribution >= 4 is 11.6 Å². The number of nitrogens with one attached hydrogen (secondary N) is 1. The molecule has 0 bridgehead atoms. The Morgan fingerprint density at radius 3 is 2.84 bits per heavy atom. The molecule has 0 saturated heterocycles. The van der Waals surface area contributed by atoms with Gasteiger partial charge in [0.05, 0.1) is 11.0 Å². The molecule has 6 heteroatoms. The fourth-order valence-corrected chi connectivity index (χ4v) is 2.20. The van der Waals surface area contributed by atoms with E-state index in [1.807, 2.05) is 7.05 Å². The van der Waals surface area contributed by atoms with Gasteiger partial charge < -0.3 is 10.1 Å². The number of nitrogens with zero attached hydrogens (tertiary/aromatic N) is 1. The van der Waals surface area contributed by atoms with Crippen molar-refractivity contribution in [2.24, 2.45) is 0 Å². The van der Waals surface area contributed by atoms with E-state index in [1.165, 1.54) is 6.08 Å². The van der Waals surface area contributed by atoms with Gasteiger partial charge in [-0.05, 0) is 44.1 Å². The summed E-state index contributed by atoms with van der Waals surface area (Å²) in [4.78, 5) is 8.94. The Labute approximate surface area is 118 Å². The lowest BCUT2D eigenvalue weighted by Crippen LogP contribution is -2.46. The maximum atomic E-state index is 11.1. The van der Waals surface area contributed by atoms with Gasteiger partial charge >= 0.3 is 5.00 Å². The van der Waals surface area contributed by atoms with Crippen LogP contribution in [-0.2, 0) is 4.74 Å². The van der Waals surface area contributed by atoms with Crippen LogP contribution in [0.4, 0.5) is 0 Å². The molecule has 0 aromatic carbocycles. The molecule has 0 spiro atoms. The molecular formula is C13H21ClN2O3. The average Bonchev–Trinajstić information content (AvgIpc) is 2.38. The van der Waals surface area contributed by atoms with Crippen LogP contribution in [0, 0.1) is 10.1 Å². The van der Waals surface area contributed by atoms with Crippen molar-refractivity contribution in [1.82, 2.24) is 5.32 Å². The molecule has 3 unspecified atom stereocenters. The molecule has 3 atom stereocenters.